The molecule has 3 amide bonds. The number of carbonyl (C=O) groups excluding carboxylic acids is 3. The smallest absolute Gasteiger partial charge is 0.262 e. The van der Waals surface area contributed by atoms with Crippen molar-refractivity contribution < 1.29 is 19.1 Å². The molecule has 3 aromatic rings. The van der Waals surface area contributed by atoms with E-state index >= 15 is 0 Å². The lowest BCUT2D eigenvalue weighted by molar-refractivity contribution is -0.127. The van der Waals surface area contributed by atoms with Crippen LogP contribution in [-0.2, 0) is 9.59 Å². The van der Waals surface area contributed by atoms with Crippen LogP contribution in [0.25, 0.3) is 11.0 Å². The molecular formula is C24H24N6O4. The molecule has 2 aliphatic heterocycles. The van der Waals surface area contributed by atoms with Gasteiger partial charge in [-0.1, -0.05) is 6.58 Å². The molecule has 0 spiro atoms. The number of anilines is 2. The van der Waals surface area contributed by atoms with E-state index in [0.29, 0.717) is 59.9 Å². The SMILES string of the molecule is C=CC(=O)N1CCC(n2c(NC(=O)c3ccnc(C)c3)nc3ccc4c(c32)NC(=O)CO4)CC1. The number of ether oxygens (including phenoxy) is 1. The van der Waals surface area contributed by atoms with Gasteiger partial charge in [-0.05, 0) is 50.1 Å². The number of nitrogens with one attached hydrogen (secondary N) is 2. The van der Waals surface area contributed by atoms with E-state index in [2.05, 4.69) is 22.2 Å². The van der Waals surface area contributed by atoms with Crippen LogP contribution in [0.4, 0.5) is 11.6 Å². The Labute approximate surface area is 195 Å². The van der Waals surface area contributed by atoms with Gasteiger partial charge in [0.25, 0.3) is 11.8 Å². The number of likely N-dealkylation sites (tertiary alicyclic amines) is 1. The highest BCUT2D eigenvalue weighted by Gasteiger charge is 2.30. The Morgan fingerprint density at radius 3 is 2.79 bits per heavy atom. The summed E-state index contributed by atoms with van der Waals surface area (Å²) in [6.07, 6.45) is 4.21. The van der Waals surface area contributed by atoms with Gasteiger partial charge in [0.15, 0.2) is 6.61 Å². The topological polar surface area (TPSA) is 118 Å². The molecule has 5 rings (SSSR count). The summed E-state index contributed by atoms with van der Waals surface area (Å²) >= 11 is 0. The van der Waals surface area contributed by atoms with Crippen LogP contribution in [0.15, 0.2) is 43.1 Å². The number of pyridine rings is 1. The Bertz CT molecular complexity index is 1320. The van der Waals surface area contributed by atoms with Gasteiger partial charge in [-0.2, -0.15) is 0 Å². The van der Waals surface area contributed by atoms with Gasteiger partial charge in [0.05, 0.1) is 11.0 Å². The normalized spacial score (nSPS) is 15.9. The van der Waals surface area contributed by atoms with Gasteiger partial charge in [-0.15, -0.1) is 0 Å². The highest BCUT2D eigenvalue weighted by molar-refractivity contribution is 6.07. The molecule has 10 nitrogen and oxygen atoms in total. The molecule has 34 heavy (non-hydrogen) atoms. The average Bonchev–Trinajstić information content (AvgIpc) is 3.22. The molecule has 1 aromatic carbocycles. The summed E-state index contributed by atoms with van der Waals surface area (Å²) in [5.41, 5.74) is 3.03. The van der Waals surface area contributed by atoms with Crippen molar-refractivity contribution in [1.29, 1.82) is 0 Å². The molecule has 0 unspecified atom stereocenters. The van der Waals surface area contributed by atoms with E-state index in [1.54, 1.807) is 29.3 Å². The van der Waals surface area contributed by atoms with Crippen LogP contribution >= 0.6 is 0 Å². The minimum absolute atomic E-state index is 0.0559. The summed E-state index contributed by atoms with van der Waals surface area (Å²) in [6.45, 7) is 6.42. The molecule has 0 radical (unpaired) electrons. The number of fused-ring (bicyclic) bond motifs is 3. The second kappa shape index (κ2) is 8.62. The molecule has 0 bridgehead atoms. The van der Waals surface area contributed by atoms with Crippen LogP contribution in [0, 0.1) is 6.92 Å². The van der Waals surface area contributed by atoms with Crippen molar-refractivity contribution in [1.82, 2.24) is 19.4 Å². The van der Waals surface area contributed by atoms with E-state index in [4.69, 9.17) is 9.72 Å². The zero-order chi connectivity index (χ0) is 23.8. The predicted molar refractivity (Wildman–Crippen MR) is 126 cm³/mol. The molecule has 0 atom stereocenters. The third-order valence-corrected chi connectivity index (χ3v) is 6.14. The Morgan fingerprint density at radius 2 is 2.06 bits per heavy atom. The molecule has 1 saturated heterocycles. The van der Waals surface area contributed by atoms with Crippen molar-refractivity contribution in [2.75, 3.05) is 30.3 Å². The highest BCUT2D eigenvalue weighted by Crippen LogP contribution is 2.40. The molecule has 10 heteroatoms. The van der Waals surface area contributed by atoms with Crippen LogP contribution in [0.5, 0.6) is 5.75 Å². The second-order valence-corrected chi connectivity index (χ2v) is 8.35. The second-order valence-electron chi connectivity index (χ2n) is 8.35. The first-order valence-corrected chi connectivity index (χ1v) is 11.1. The van der Waals surface area contributed by atoms with Crippen molar-refractivity contribution in [3.8, 4) is 5.75 Å². The third-order valence-electron chi connectivity index (χ3n) is 6.14. The highest BCUT2D eigenvalue weighted by atomic mass is 16.5. The van der Waals surface area contributed by atoms with Gasteiger partial charge in [-0.3, -0.25) is 24.7 Å². The van der Waals surface area contributed by atoms with E-state index in [1.807, 2.05) is 17.6 Å². The quantitative estimate of drug-likeness (QED) is 0.578. The van der Waals surface area contributed by atoms with Crippen LogP contribution in [0.2, 0.25) is 0 Å². The van der Waals surface area contributed by atoms with E-state index in [9.17, 15) is 14.4 Å². The third kappa shape index (κ3) is 3.87. The fraction of sp³-hybridized carbons (Fsp3) is 0.292. The van der Waals surface area contributed by atoms with Crippen LogP contribution in [-0.4, -0.2) is 56.9 Å². The number of rotatable bonds is 4. The van der Waals surface area contributed by atoms with Crippen molar-refractivity contribution in [3.63, 3.8) is 0 Å². The maximum Gasteiger partial charge on any atom is 0.262 e. The number of nitrogens with zero attached hydrogens (tertiary/aromatic N) is 4. The maximum atomic E-state index is 13.0. The minimum atomic E-state index is -0.310. The molecule has 0 saturated carbocycles. The van der Waals surface area contributed by atoms with E-state index < -0.39 is 0 Å². The minimum Gasteiger partial charge on any atom is -0.481 e. The maximum absolute atomic E-state index is 13.0. The first kappa shape index (κ1) is 21.6. The van der Waals surface area contributed by atoms with Gasteiger partial charge >= 0.3 is 0 Å². The molecule has 174 valence electrons. The van der Waals surface area contributed by atoms with Crippen molar-refractivity contribution in [2.45, 2.75) is 25.8 Å². The summed E-state index contributed by atoms with van der Waals surface area (Å²) in [5.74, 6) is 0.257. The van der Waals surface area contributed by atoms with Gasteiger partial charge in [-0.25, -0.2) is 4.98 Å². The Balaban J connectivity index is 1.57. The largest absolute Gasteiger partial charge is 0.481 e. The predicted octanol–water partition coefficient (Wildman–Crippen LogP) is 2.67. The number of hydrogen-bond acceptors (Lipinski definition) is 6. The number of benzene rings is 1. The summed E-state index contributed by atoms with van der Waals surface area (Å²) in [6, 6.07) is 6.86. The van der Waals surface area contributed by atoms with Gasteiger partial charge in [0.1, 0.15) is 11.4 Å². The standard InChI is InChI=1S/C24H24N6O4/c1-3-20(32)29-10-7-16(8-11-29)30-22-17(4-5-18-21(22)27-19(31)13-34-18)26-24(30)28-23(33)15-6-9-25-14(2)12-15/h3-6,9,12,16H,1,7-8,10-11,13H2,2H3,(H,27,31)(H,26,28,33). The fourth-order valence-electron chi connectivity index (χ4n) is 4.51. The van der Waals surface area contributed by atoms with E-state index in [-0.39, 0.29) is 30.4 Å². The average molecular weight is 460 g/mol. The van der Waals surface area contributed by atoms with E-state index in [1.165, 1.54) is 6.08 Å². The number of carbonyl (C=O) groups is 3. The summed E-state index contributed by atoms with van der Waals surface area (Å²) in [7, 11) is 0. The molecule has 0 aliphatic carbocycles. The summed E-state index contributed by atoms with van der Waals surface area (Å²) in [4.78, 5) is 47.8. The Hall–Kier alpha value is -4.21. The lowest BCUT2D eigenvalue weighted by Crippen LogP contribution is -2.38. The van der Waals surface area contributed by atoms with E-state index in [0.717, 1.165) is 5.69 Å². The van der Waals surface area contributed by atoms with Crippen molar-refractivity contribution >= 4 is 40.4 Å². The molecular weight excluding hydrogens is 436 g/mol. The number of amides is 3. The zero-order valence-electron chi connectivity index (χ0n) is 18.7. The van der Waals surface area contributed by atoms with Crippen LogP contribution in [0.1, 0.15) is 34.9 Å². The number of imidazole rings is 1. The lowest BCUT2D eigenvalue weighted by Gasteiger charge is -2.33. The molecule has 1 fully saturated rings. The van der Waals surface area contributed by atoms with Gasteiger partial charge in [0.2, 0.25) is 11.9 Å². The number of aryl methyl sites for hydroxylation is 1. The lowest BCUT2D eigenvalue weighted by atomic mass is 10.0. The first-order valence-electron chi connectivity index (χ1n) is 11.1. The van der Waals surface area contributed by atoms with Gasteiger partial charge < -0.3 is 19.5 Å². The Morgan fingerprint density at radius 1 is 1.26 bits per heavy atom. The fourth-order valence-corrected chi connectivity index (χ4v) is 4.51. The van der Waals surface area contributed by atoms with Crippen molar-refractivity contribution in [3.05, 3.63) is 54.4 Å². The summed E-state index contributed by atoms with van der Waals surface area (Å²) < 4.78 is 7.56. The van der Waals surface area contributed by atoms with Crippen LogP contribution < -0.4 is 15.4 Å². The number of hydrogen-bond donors (Lipinski definition) is 2. The molecule has 2 N–H and O–H groups in total. The molecule has 4 heterocycles. The van der Waals surface area contributed by atoms with Crippen LogP contribution in [0.3, 0.4) is 0 Å². The molecule has 2 aromatic heterocycles. The number of aromatic nitrogens is 3. The Kier molecular flexibility index (Phi) is 5.48. The van der Waals surface area contributed by atoms with Crippen molar-refractivity contribution in [2.24, 2.45) is 0 Å². The zero-order valence-corrected chi connectivity index (χ0v) is 18.7. The van der Waals surface area contributed by atoms with Gasteiger partial charge in [0, 0.05) is 36.6 Å². The number of piperidine rings is 1. The molecule has 2 aliphatic rings. The monoisotopic (exact) mass is 460 g/mol. The first-order chi connectivity index (χ1) is 16.4. The summed E-state index contributed by atoms with van der Waals surface area (Å²) in [5, 5.41) is 5.84.